The minimum Gasteiger partial charge on any atom is -0.481 e. The van der Waals surface area contributed by atoms with Crippen molar-refractivity contribution in [2.75, 3.05) is 13.6 Å². The molecule has 5 rings (SSSR count). The fraction of sp³-hybridized carbons (Fsp3) is 0.571. The largest absolute Gasteiger partial charge is 0.481 e. The van der Waals surface area contributed by atoms with Gasteiger partial charge in [-0.2, -0.15) is 13.2 Å². The lowest BCUT2D eigenvalue weighted by Gasteiger charge is -2.61. The molecule has 2 heterocycles. The Morgan fingerprint density at radius 3 is 2.43 bits per heavy atom. The maximum absolute atomic E-state index is 12.9. The second kappa shape index (κ2) is 11.3. The molecule has 14 heteroatoms. The molecule has 11 nitrogen and oxygen atoms in total. The van der Waals surface area contributed by atoms with Gasteiger partial charge in [0.25, 0.3) is 0 Å². The SMILES string of the molecule is CC(=O)O[C@@H](C)C(=O)O[C@@H](C)C(=O)OC1=CC[C@@]2(O)[C@H]3Cc4ccc(CO)c5c4[C@@]2(CCN3C)[C@H]1O5.O=CC(F)(F)F. The molecule has 1 spiro atoms. The van der Waals surface area contributed by atoms with Gasteiger partial charge < -0.3 is 34.1 Å². The highest BCUT2D eigenvalue weighted by atomic mass is 19.4. The molecule has 0 saturated carbocycles. The number of hydrogen-bond acceptors (Lipinski definition) is 11. The summed E-state index contributed by atoms with van der Waals surface area (Å²) in [7, 11) is 2.00. The molecule has 230 valence electrons. The third-order valence-electron chi connectivity index (χ3n) is 8.28. The molecule has 0 amide bonds. The third-order valence-corrected chi connectivity index (χ3v) is 8.28. The van der Waals surface area contributed by atoms with E-state index in [1.165, 1.54) is 20.8 Å². The van der Waals surface area contributed by atoms with Gasteiger partial charge in [-0.25, -0.2) is 9.59 Å². The van der Waals surface area contributed by atoms with Crippen LogP contribution in [0, 0.1) is 0 Å². The van der Waals surface area contributed by atoms with Gasteiger partial charge in [-0.1, -0.05) is 12.1 Å². The summed E-state index contributed by atoms with van der Waals surface area (Å²) in [6, 6.07) is 3.68. The van der Waals surface area contributed by atoms with Gasteiger partial charge in [-0.3, -0.25) is 9.59 Å². The number of likely N-dealkylation sites (N-methyl/N-ethyl adjacent to an activating group) is 1. The average Bonchev–Trinajstić information content (AvgIpc) is 3.27. The standard InChI is InChI=1S/C26H31NO9.C2HF3O/c1-13(33-15(3)29)23(30)34-14(2)24(31)35-18-7-8-26(32)19-11-16-5-6-17(12-28)21-20(16)25(26,22(18)36-21)9-10-27(19)4;3-2(4,5)1-6/h5-7,13-14,19,22,28,32H,8-12H2,1-4H3;1H/t13-,14-,19+,22-,25-,26+;/m0./s1. The van der Waals surface area contributed by atoms with Gasteiger partial charge in [0.05, 0.1) is 17.6 Å². The van der Waals surface area contributed by atoms with Crippen molar-refractivity contribution in [2.24, 2.45) is 0 Å². The number of esters is 3. The molecule has 2 N–H and O–H groups in total. The number of aliphatic hydroxyl groups is 2. The summed E-state index contributed by atoms with van der Waals surface area (Å²) in [4.78, 5) is 47.1. The third kappa shape index (κ3) is 5.26. The number of aldehydes is 1. The van der Waals surface area contributed by atoms with Crippen molar-refractivity contribution in [3.63, 3.8) is 0 Å². The van der Waals surface area contributed by atoms with Crippen LogP contribution in [0.4, 0.5) is 13.2 Å². The number of halogens is 3. The highest BCUT2D eigenvalue weighted by Crippen LogP contribution is 2.64. The smallest absolute Gasteiger partial charge is 0.446 e. The van der Waals surface area contributed by atoms with Crippen LogP contribution >= 0.6 is 0 Å². The molecule has 2 bridgehead atoms. The molecule has 2 aliphatic heterocycles. The fourth-order valence-electron chi connectivity index (χ4n) is 6.45. The lowest BCUT2D eigenvalue weighted by molar-refractivity contribution is -0.179. The van der Waals surface area contributed by atoms with Crippen LogP contribution in [0.3, 0.4) is 0 Å². The van der Waals surface area contributed by atoms with Gasteiger partial charge in [0.2, 0.25) is 6.29 Å². The number of carbonyl (C=O) groups excluding carboxylic acids is 4. The monoisotopic (exact) mass is 599 g/mol. The van der Waals surface area contributed by atoms with Gasteiger partial charge in [0.1, 0.15) is 11.5 Å². The number of carbonyl (C=O) groups is 4. The molecule has 42 heavy (non-hydrogen) atoms. The first-order chi connectivity index (χ1) is 19.6. The topological polar surface area (TPSA) is 149 Å². The van der Waals surface area contributed by atoms with Crippen LogP contribution in [0.25, 0.3) is 0 Å². The number of ether oxygens (including phenoxy) is 4. The summed E-state index contributed by atoms with van der Waals surface area (Å²) in [5.74, 6) is -1.53. The van der Waals surface area contributed by atoms with Crippen molar-refractivity contribution in [3.05, 3.63) is 40.7 Å². The summed E-state index contributed by atoms with van der Waals surface area (Å²) in [6.07, 6.45) is -5.75. The Labute approximate surface area is 239 Å². The first-order valence-corrected chi connectivity index (χ1v) is 13.3. The van der Waals surface area contributed by atoms with Crippen LogP contribution in [0.5, 0.6) is 5.75 Å². The Hall–Kier alpha value is -3.49. The van der Waals surface area contributed by atoms with Crippen LogP contribution in [0.2, 0.25) is 0 Å². The van der Waals surface area contributed by atoms with Crippen molar-refractivity contribution in [3.8, 4) is 5.75 Å². The molecule has 1 aromatic carbocycles. The molecule has 0 radical (unpaired) electrons. The molecule has 0 aromatic heterocycles. The first kappa shape index (κ1) is 31.4. The Morgan fingerprint density at radius 1 is 1.19 bits per heavy atom. The molecular weight excluding hydrogens is 567 g/mol. The highest BCUT2D eigenvalue weighted by Gasteiger charge is 2.71. The minimum atomic E-state index is -4.64. The summed E-state index contributed by atoms with van der Waals surface area (Å²) in [5.41, 5.74) is 0.573. The van der Waals surface area contributed by atoms with Crippen molar-refractivity contribution in [1.29, 1.82) is 0 Å². The number of rotatable bonds is 6. The maximum atomic E-state index is 12.9. The highest BCUT2D eigenvalue weighted by molar-refractivity contribution is 5.83. The molecular formula is C28H32F3NO10. The van der Waals surface area contributed by atoms with E-state index < -0.39 is 59.7 Å². The van der Waals surface area contributed by atoms with E-state index in [4.69, 9.17) is 23.7 Å². The molecule has 1 fully saturated rings. The van der Waals surface area contributed by atoms with E-state index in [9.17, 15) is 37.8 Å². The van der Waals surface area contributed by atoms with Crippen molar-refractivity contribution < 1.29 is 61.5 Å². The normalized spacial score (nSPS) is 28.5. The second-order valence-corrected chi connectivity index (χ2v) is 10.8. The zero-order chi connectivity index (χ0) is 31.2. The Balaban J connectivity index is 0.000000612. The summed E-state index contributed by atoms with van der Waals surface area (Å²) < 4.78 is 53.3. The van der Waals surface area contributed by atoms with Gasteiger partial charge in [-0.05, 0) is 51.9 Å². The fourth-order valence-corrected chi connectivity index (χ4v) is 6.45. The Morgan fingerprint density at radius 2 is 1.83 bits per heavy atom. The van der Waals surface area contributed by atoms with Gasteiger partial charge in [-0.15, -0.1) is 0 Å². The zero-order valence-electron chi connectivity index (χ0n) is 23.4. The van der Waals surface area contributed by atoms with Crippen LogP contribution in [-0.4, -0.2) is 89.0 Å². The molecule has 1 saturated heterocycles. The lowest BCUT2D eigenvalue weighted by atomic mass is 9.50. The number of alkyl halides is 3. The van der Waals surface area contributed by atoms with E-state index in [-0.39, 0.29) is 24.8 Å². The van der Waals surface area contributed by atoms with Crippen molar-refractivity contribution in [1.82, 2.24) is 4.90 Å². The maximum Gasteiger partial charge on any atom is 0.446 e. The molecule has 2 aliphatic carbocycles. The first-order valence-electron chi connectivity index (χ1n) is 13.3. The van der Waals surface area contributed by atoms with E-state index in [1.807, 2.05) is 19.2 Å². The summed E-state index contributed by atoms with van der Waals surface area (Å²) in [6.45, 7) is 4.39. The van der Waals surface area contributed by atoms with Crippen molar-refractivity contribution in [2.45, 2.75) is 88.2 Å². The predicted octanol–water partition coefficient (Wildman–Crippen LogP) is 1.63. The minimum absolute atomic E-state index is 0.146. The Kier molecular flexibility index (Phi) is 8.46. The van der Waals surface area contributed by atoms with Crippen LogP contribution < -0.4 is 4.74 Å². The molecule has 4 aliphatic rings. The second-order valence-electron chi connectivity index (χ2n) is 10.8. The van der Waals surface area contributed by atoms with E-state index in [1.54, 1.807) is 6.08 Å². The van der Waals surface area contributed by atoms with E-state index in [0.717, 1.165) is 17.7 Å². The number of aliphatic hydroxyl groups excluding tert-OH is 1. The van der Waals surface area contributed by atoms with E-state index in [0.29, 0.717) is 24.2 Å². The number of piperidine rings is 1. The number of likely N-dealkylation sites (tertiary alicyclic amines) is 1. The van der Waals surface area contributed by atoms with Crippen LogP contribution in [0.15, 0.2) is 24.0 Å². The van der Waals surface area contributed by atoms with E-state index in [2.05, 4.69) is 4.90 Å². The quantitative estimate of drug-likeness (QED) is 0.279. The Bertz CT molecular complexity index is 1310. The summed E-state index contributed by atoms with van der Waals surface area (Å²) >= 11 is 0. The van der Waals surface area contributed by atoms with Gasteiger partial charge in [0, 0.05) is 30.5 Å². The van der Waals surface area contributed by atoms with E-state index >= 15 is 0 Å². The number of benzene rings is 1. The number of nitrogens with zero attached hydrogens (tertiary/aromatic N) is 1. The summed E-state index contributed by atoms with van der Waals surface area (Å²) in [5, 5.41) is 22.2. The molecule has 1 aromatic rings. The number of hydrogen-bond donors (Lipinski definition) is 2. The van der Waals surface area contributed by atoms with Crippen LogP contribution in [-0.2, 0) is 51.8 Å². The zero-order valence-corrected chi connectivity index (χ0v) is 23.4. The molecule has 0 unspecified atom stereocenters. The predicted molar refractivity (Wildman–Crippen MR) is 136 cm³/mol. The van der Waals surface area contributed by atoms with Crippen molar-refractivity contribution >= 4 is 24.2 Å². The lowest BCUT2D eigenvalue weighted by Crippen LogP contribution is -2.74. The van der Waals surface area contributed by atoms with Crippen LogP contribution in [0.1, 0.15) is 50.3 Å². The van der Waals surface area contributed by atoms with Gasteiger partial charge in [0.15, 0.2) is 18.3 Å². The van der Waals surface area contributed by atoms with Gasteiger partial charge >= 0.3 is 24.1 Å². The molecule has 6 atom stereocenters. The average molecular weight is 600 g/mol.